The highest BCUT2D eigenvalue weighted by Crippen LogP contribution is 2.40. The number of aromatic nitrogens is 2. The van der Waals surface area contributed by atoms with Gasteiger partial charge in [0, 0.05) is 35.5 Å². The zero-order chi connectivity index (χ0) is 32.7. The Balaban J connectivity index is 0.000000280. The number of hydrogen-bond donors (Lipinski definition) is 3. The van der Waals surface area contributed by atoms with Gasteiger partial charge >= 0.3 is 5.69 Å². The van der Waals surface area contributed by atoms with Gasteiger partial charge in [0.1, 0.15) is 6.23 Å². The van der Waals surface area contributed by atoms with Gasteiger partial charge in [0.25, 0.3) is 14.1 Å². The van der Waals surface area contributed by atoms with E-state index < -0.39 is 20.4 Å². The lowest BCUT2D eigenvalue weighted by Crippen LogP contribution is -2.33. The molecule has 1 aromatic heterocycles. The summed E-state index contributed by atoms with van der Waals surface area (Å²) in [6.45, 7) is 10.0. The summed E-state index contributed by atoms with van der Waals surface area (Å²) in [5.74, 6) is 0. The summed E-state index contributed by atoms with van der Waals surface area (Å²) >= 11 is 4.76. The minimum Gasteiger partial charge on any atom is -0.353 e. The van der Waals surface area contributed by atoms with Crippen LogP contribution in [-0.2, 0) is 15.7 Å². The average Bonchev–Trinajstić information content (AvgIpc) is 3.37. The van der Waals surface area contributed by atoms with Crippen LogP contribution in [0, 0.1) is 18.3 Å². The van der Waals surface area contributed by atoms with Gasteiger partial charge < -0.3 is 14.2 Å². The van der Waals surface area contributed by atoms with Gasteiger partial charge in [-0.1, -0.05) is 48.5 Å². The van der Waals surface area contributed by atoms with Crippen LogP contribution in [0.1, 0.15) is 64.3 Å². The smallest absolute Gasteiger partial charge is 0.330 e. The number of nitriles is 1. The number of benzene rings is 3. The van der Waals surface area contributed by atoms with E-state index in [0.29, 0.717) is 25.0 Å². The van der Waals surface area contributed by atoms with E-state index in [0.717, 1.165) is 12.8 Å². The van der Waals surface area contributed by atoms with Crippen molar-refractivity contribution in [2.24, 2.45) is 0 Å². The van der Waals surface area contributed by atoms with Crippen molar-refractivity contribution in [3.63, 3.8) is 0 Å². The summed E-state index contributed by atoms with van der Waals surface area (Å²) in [5.41, 5.74) is 1.01. The van der Waals surface area contributed by atoms with E-state index in [1.807, 2.05) is 38.4 Å². The molecule has 240 valence electrons. The van der Waals surface area contributed by atoms with E-state index in [9.17, 15) is 14.5 Å². The highest BCUT2D eigenvalue weighted by molar-refractivity contribution is 7.81. The second kappa shape index (κ2) is 16.0. The molecule has 11 heteroatoms. The molecule has 0 saturated carbocycles. The van der Waals surface area contributed by atoms with E-state index in [2.05, 4.69) is 59.6 Å². The predicted molar refractivity (Wildman–Crippen MR) is 185 cm³/mol. The second-order valence-electron chi connectivity index (χ2n) is 11.8. The number of nitrogens with one attached hydrogen (secondary N) is 1. The van der Waals surface area contributed by atoms with Gasteiger partial charge in [-0.15, -0.1) is 0 Å². The third kappa shape index (κ3) is 8.62. The number of thiol groups is 1. The third-order valence-corrected chi connectivity index (χ3v) is 10.2. The Morgan fingerprint density at radius 3 is 2.29 bits per heavy atom. The molecule has 0 amide bonds. The van der Waals surface area contributed by atoms with Gasteiger partial charge in [0.05, 0.1) is 25.2 Å². The fourth-order valence-corrected chi connectivity index (χ4v) is 7.42. The Morgan fingerprint density at radius 1 is 1.11 bits per heavy atom. The lowest BCUT2D eigenvalue weighted by molar-refractivity contribution is -0.00321. The number of aromatic amines is 1. The number of hydrogen-bond acceptors (Lipinski definition) is 8. The third-order valence-electron chi connectivity index (χ3n) is 7.90. The molecular weight excluding hydrogens is 607 g/mol. The summed E-state index contributed by atoms with van der Waals surface area (Å²) in [5, 5.41) is 13.3. The first kappa shape index (κ1) is 34.8. The van der Waals surface area contributed by atoms with Gasteiger partial charge in [-0.25, -0.2) is 9.46 Å². The summed E-state index contributed by atoms with van der Waals surface area (Å²) < 4.78 is 14.8. The maximum atomic E-state index is 12.3. The van der Waals surface area contributed by atoms with E-state index >= 15 is 0 Å². The molecule has 9 nitrogen and oxygen atoms in total. The largest absolute Gasteiger partial charge is 0.353 e. The number of aryl methyl sites for hydroxylation is 2. The quantitative estimate of drug-likeness (QED) is 0.0763. The summed E-state index contributed by atoms with van der Waals surface area (Å²) in [6, 6.07) is 21.7. The lowest BCUT2D eigenvalue weighted by Gasteiger charge is -2.32. The average molecular weight is 651 g/mol. The Labute approximate surface area is 271 Å². The van der Waals surface area contributed by atoms with Gasteiger partial charge in [-0.3, -0.25) is 14.3 Å². The fourth-order valence-electron chi connectivity index (χ4n) is 5.84. The molecule has 5 rings (SSSR count). The topological polar surface area (TPSA) is 121 Å². The SMILES string of the molecule is CC(C)N(C(C)C)P(O)OCCC#N.Cc1cn([C@H]2C[C@H](S)[C@@H](CCc3c4ccccc4cc4ccccc34)O2)c(=O)[nH]c1=O. The van der Waals surface area contributed by atoms with Crippen LogP contribution in [0.25, 0.3) is 21.5 Å². The lowest BCUT2D eigenvalue weighted by atomic mass is 9.93. The zero-order valence-electron chi connectivity index (χ0n) is 26.5. The minimum atomic E-state index is -1.55. The molecule has 1 saturated heterocycles. The molecule has 2 heterocycles. The Morgan fingerprint density at radius 2 is 1.71 bits per heavy atom. The van der Waals surface area contributed by atoms with Crippen LogP contribution in [0.2, 0.25) is 0 Å². The molecule has 45 heavy (non-hydrogen) atoms. The number of H-pyrrole nitrogens is 1. The molecule has 1 fully saturated rings. The second-order valence-corrected chi connectivity index (χ2v) is 13.7. The van der Waals surface area contributed by atoms with Crippen LogP contribution in [0.3, 0.4) is 0 Å². The number of rotatable bonds is 10. The molecule has 1 unspecified atom stereocenters. The Kier molecular flexibility index (Phi) is 12.4. The number of nitrogens with zero attached hydrogens (tertiary/aromatic N) is 3. The Hall–Kier alpha value is -3.03. The van der Waals surface area contributed by atoms with Crippen molar-refractivity contribution in [1.29, 1.82) is 5.26 Å². The molecule has 4 aromatic rings. The standard InChI is InChI=1S/C25H24N2O3S.C9H19N2O2P/c1-15-14-27(25(29)26-24(15)28)23-13-22(31)21(30-23)11-10-20-18-8-4-2-6-16(18)12-17-7-3-5-9-19(17)20;1-8(2)11(9(3)4)14(12)13-7-5-6-10/h2-9,12,14,21-23,31H,10-11,13H2,1H3,(H,26,28,29);8-9,12H,5,7H2,1-4H3/t21-,22+,23-;/m1./s1. The molecule has 1 aliphatic rings. The molecule has 0 aliphatic carbocycles. The first-order valence-corrected chi connectivity index (χ1v) is 17.0. The molecule has 4 atom stereocenters. The minimum absolute atomic E-state index is 0.0189. The summed E-state index contributed by atoms with van der Waals surface area (Å²) in [6.07, 6.45) is 3.69. The molecule has 1 aliphatic heterocycles. The molecule has 2 N–H and O–H groups in total. The monoisotopic (exact) mass is 650 g/mol. The van der Waals surface area contributed by atoms with Gasteiger partial charge in [-0.2, -0.15) is 17.9 Å². The predicted octanol–water partition coefficient (Wildman–Crippen LogP) is 6.62. The van der Waals surface area contributed by atoms with Gasteiger partial charge in [-0.05, 0) is 80.6 Å². The van der Waals surface area contributed by atoms with Crippen molar-refractivity contribution in [2.45, 2.75) is 90.0 Å². The van der Waals surface area contributed by atoms with Crippen molar-refractivity contribution in [1.82, 2.24) is 14.2 Å². The van der Waals surface area contributed by atoms with Gasteiger partial charge in [0.2, 0.25) is 0 Å². The fraction of sp³-hybridized carbons (Fsp3) is 0.441. The van der Waals surface area contributed by atoms with Gasteiger partial charge in [0.15, 0.2) is 0 Å². The van der Waals surface area contributed by atoms with Crippen LogP contribution in [0.4, 0.5) is 0 Å². The van der Waals surface area contributed by atoms with Crippen molar-refractivity contribution in [3.05, 3.63) is 92.8 Å². The molecule has 0 radical (unpaired) electrons. The summed E-state index contributed by atoms with van der Waals surface area (Å²) in [4.78, 5) is 36.0. The normalized spacial score (nSPS) is 18.8. The van der Waals surface area contributed by atoms with E-state index in [4.69, 9.17) is 27.2 Å². The maximum absolute atomic E-state index is 12.3. The van der Waals surface area contributed by atoms with Crippen molar-refractivity contribution >= 4 is 42.7 Å². The van der Waals surface area contributed by atoms with Crippen LogP contribution in [0.15, 0.2) is 70.4 Å². The zero-order valence-corrected chi connectivity index (χ0v) is 28.3. The number of fused-ring (bicyclic) bond motifs is 2. The van der Waals surface area contributed by atoms with Crippen LogP contribution < -0.4 is 11.2 Å². The highest BCUT2D eigenvalue weighted by Gasteiger charge is 2.34. The van der Waals surface area contributed by atoms with Crippen LogP contribution >= 0.6 is 21.2 Å². The first-order chi connectivity index (χ1) is 21.5. The summed E-state index contributed by atoms with van der Waals surface area (Å²) in [7, 11) is -1.55. The first-order valence-electron chi connectivity index (χ1n) is 15.3. The molecular formula is C34H43N4O5PS. The number of ether oxygens (including phenoxy) is 1. The van der Waals surface area contributed by atoms with Crippen LogP contribution in [-0.4, -0.2) is 49.2 Å². The Bertz CT molecular complexity index is 1690. The van der Waals surface area contributed by atoms with Crippen molar-refractivity contribution < 1.29 is 14.2 Å². The van der Waals surface area contributed by atoms with E-state index in [-0.39, 0.29) is 29.0 Å². The highest BCUT2D eigenvalue weighted by atomic mass is 32.1. The molecule has 0 bridgehead atoms. The van der Waals surface area contributed by atoms with Crippen molar-refractivity contribution in [3.8, 4) is 6.07 Å². The molecule has 3 aromatic carbocycles. The molecule has 0 spiro atoms. The maximum Gasteiger partial charge on any atom is 0.330 e. The van der Waals surface area contributed by atoms with Crippen molar-refractivity contribution in [2.75, 3.05) is 6.61 Å². The van der Waals surface area contributed by atoms with Crippen LogP contribution in [0.5, 0.6) is 0 Å². The van der Waals surface area contributed by atoms with E-state index in [1.165, 1.54) is 31.7 Å². The van der Waals surface area contributed by atoms with E-state index in [1.54, 1.807) is 13.1 Å².